The number of carbonyl (C=O) groups excluding carboxylic acids is 1. The second-order valence-corrected chi connectivity index (χ2v) is 5.72. The fraction of sp³-hybridized carbons (Fsp3) is 0.389. The van der Waals surface area contributed by atoms with E-state index in [1.54, 1.807) is 0 Å². The molecule has 1 aromatic heterocycles. The molecule has 1 heterocycles. The van der Waals surface area contributed by atoms with Gasteiger partial charge >= 0.3 is 0 Å². The van der Waals surface area contributed by atoms with Crippen LogP contribution in [0.3, 0.4) is 0 Å². The summed E-state index contributed by atoms with van der Waals surface area (Å²) in [6.07, 6.45) is 0. The van der Waals surface area contributed by atoms with Gasteiger partial charge in [0.15, 0.2) is 0 Å². The van der Waals surface area contributed by atoms with Crippen molar-refractivity contribution in [1.82, 2.24) is 9.88 Å². The van der Waals surface area contributed by atoms with Gasteiger partial charge in [-0.05, 0) is 44.4 Å². The number of aromatic nitrogens is 1. The minimum atomic E-state index is -0.178. The average molecular weight is 284 g/mol. The van der Waals surface area contributed by atoms with Crippen molar-refractivity contribution in [3.05, 3.63) is 59.4 Å². The standard InChI is InChI=1S/C18H24N2O/c1-13(17-8-6-5-7-9-17)12-19-18(21)16(4)20-14(2)10-11-15(20)3/h5-11,13,16H,12H2,1-4H3,(H,19,21). The molecule has 1 aromatic carbocycles. The highest BCUT2D eigenvalue weighted by molar-refractivity contribution is 5.80. The molecular weight excluding hydrogens is 260 g/mol. The maximum absolute atomic E-state index is 12.3. The predicted molar refractivity (Wildman–Crippen MR) is 86.5 cm³/mol. The number of hydrogen-bond donors (Lipinski definition) is 1. The molecule has 0 radical (unpaired) electrons. The third-order valence-electron chi connectivity index (χ3n) is 4.04. The molecule has 3 nitrogen and oxygen atoms in total. The summed E-state index contributed by atoms with van der Waals surface area (Å²) in [7, 11) is 0. The summed E-state index contributed by atoms with van der Waals surface area (Å²) in [6.45, 7) is 8.80. The van der Waals surface area contributed by atoms with Crippen LogP contribution in [0.5, 0.6) is 0 Å². The van der Waals surface area contributed by atoms with E-state index in [9.17, 15) is 4.79 Å². The van der Waals surface area contributed by atoms with E-state index < -0.39 is 0 Å². The highest BCUT2D eigenvalue weighted by Gasteiger charge is 2.18. The number of benzene rings is 1. The van der Waals surface area contributed by atoms with Crippen molar-refractivity contribution in [3.63, 3.8) is 0 Å². The third-order valence-corrected chi connectivity index (χ3v) is 4.04. The fourth-order valence-electron chi connectivity index (χ4n) is 2.71. The normalized spacial score (nSPS) is 13.7. The van der Waals surface area contributed by atoms with Gasteiger partial charge in [0.1, 0.15) is 6.04 Å². The van der Waals surface area contributed by atoms with Gasteiger partial charge in [0.05, 0.1) is 0 Å². The van der Waals surface area contributed by atoms with Crippen LogP contribution in [0.25, 0.3) is 0 Å². The van der Waals surface area contributed by atoms with Crippen LogP contribution in [0.15, 0.2) is 42.5 Å². The molecule has 3 heteroatoms. The molecule has 1 N–H and O–H groups in total. The molecule has 0 bridgehead atoms. The van der Waals surface area contributed by atoms with Gasteiger partial charge in [-0.3, -0.25) is 4.79 Å². The van der Waals surface area contributed by atoms with Crippen molar-refractivity contribution in [1.29, 1.82) is 0 Å². The molecule has 2 aromatic rings. The van der Waals surface area contributed by atoms with Crippen LogP contribution in [0.4, 0.5) is 0 Å². The van der Waals surface area contributed by atoms with Crippen LogP contribution in [0.1, 0.15) is 42.8 Å². The zero-order valence-corrected chi connectivity index (χ0v) is 13.3. The Morgan fingerprint density at radius 3 is 2.19 bits per heavy atom. The maximum Gasteiger partial charge on any atom is 0.242 e. The first kappa shape index (κ1) is 15.4. The molecule has 2 rings (SSSR count). The summed E-state index contributed by atoms with van der Waals surface area (Å²) in [5, 5.41) is 3.06. The van der Waals surface area contributed by atoms with E-state index in [2.05, 4.69) is 28.9 Å². The van der Waals surface area contributed by atoms with Gasteiger partial charge in [-0.25, -0.2) is 0 Å². The minimum Gasteiger partial charge on any atom is -0.354 e. The second kappa shape index (κ2) is 6.61. The number of nitrogens with zero attached hydrogens (tertiary/aromatic N) is 1. The molecule has 2 atom stereocenters. The summed E-state index contributed by atoms with van der Waals surface area (Å²) >= 11 is 0. The van der Waals surface area contributed by atoms with E-state index in [1.165, 1.54) is 5.56 Å². The Bertz CT molecular complexity index is 581. The Kier molecular flexibility index (Phi) is 4.84. The van der Waals surface area contributed by atoms with E-state index >= 15 is 0 Å². The third kappa shape index (κ3) is 3.54. The SMILES string of the molecule is Cc1ccc(C)n1C(C)C(=O)NCC(C)c1ccccc1. The first-order chi connectivity index (χ1) is 10.0. The van der Waals surface area contributed by atoms with Gasteiger partial charge in [-0.2, -0.15) is 0 Å². The van der Waals surface area contributed by atoms with E-state index in [0.29, 0.717) is 12.5 Å². The Morgan fingerprint density at radius 2 is 1.62 bits per heavy atom. The number of carbonyl (C=O) groups is 1. The molecule has 0 spiro atoms. The fourth-order valence-corrected chi connectivity index (χ4v) is 2.71. The molecule has 0 aliphatic carbocycles. The van der Waals surface area contributed by atoms with Gasteiger partial charge in [-0.15, -0.1) is 0 Å². The lowest BCUT2D eigenvalue weighted by molar-refractivity contribution is -0.124. The Morgan fingerprint density at radius 1 is 1.05 bits per heavy atom. The number of amides is 1. The summed E-state index contributed by atoms with van der Waals surface area (Å²) in [5.41, 5.74) is 3.48. The van der Waals surface area contributed by atoms with Gasteiger partial charge < -0.3 is 9.88 Å². The van der Waals surface area contributed by atoms with E-state index in [4.69, 9.17) is 0 Å². The molecule has 0 aliphatic rings. The summed E-state index contributed by atoms with van der Waals surface area (Å²) < 4.78 is 2.07. The second-order valence-electron chi connectivity index (χ2n) is 5.72. The summed E-state index contributed by atoms with van der Waals surface area (Å²) in [5.74, 6) is 0.384. The topological polar surface area (TPSA) is 34.0 Å². The van der Waals surface area contributed by atoms with Crippen LogP contribution in [0.2, 0.25) is 0 Å². The first-order valence-corrected chi connectivity index (χ1v) is 7.47. The molecule has 2 unspecified atom stereocenters. The molecule has 1 amide bonds. The van der Waals surface area contributed by atoms with Crippen molar-refractivity contribution >= 4 is 5.91 Å². The van der Waals surface area contributed by atoms with Crippen molar-refractivity contribution in [2.45, 2.75) is 39.7 Å². The highest BCUT2D eigenvalue weighted by atomic mass is 16.2. The number of hydrogen-bond acceptors (Lipinski definition) is 1. The molecule has 112 valence electrons. The average Bonchev–Trinajstić information content (AvgIpc) is 2.83. The maximum atomic E-state index is 12.3. The predicted octanol–water partition coefficient (Wildman–Crippen LogP) is 3.59. The molecule has 0 fully saturated rings. The lowest BCUT2D eigenvalue weighted by Gasteiger charge is -2.20. The number of rotatable bonds is 5. The van der Waals surface area contributed by atoms with E-state index in [0.717, 1.165) is 11.4 Å². The van der Waals surface area contributed by atoms with E-state index in [-0.39, 0.29) is 11.9 Å². The van der Waals surface area contributed by atoms with Gasteiger partial charge in [-0.1, -0.05) is 37.3 Å². The molecule has 0 saturated heterocycles. The minimum absolute atomic E-state index is 0.0696. The van der Waals surface area contributed by atoms with Gasteiger partial charge in [0, 0.05) is 17.9 Å². The monoisotopic (exact) mass is 284 g/mol. The largest absolute Gasteiger partial charge is 0.354 e. The van der Waals surface area contributed by atoms with Crippen molar-refractivity contribution in [2.24, 2.45) is 0 Å². The van der Waals surface area contributed by atoms with Crippen LogP contribution < -0.4 is 5.32 Å². The number of nitrogens with one attached hydrogen (secondary N) is 1. The Hall–Kier alpha value is -2.03. The molecule has 0 saturated carbocycles. The molecule has 21 heavy (non-hydrogen) atoms. The van der Waals surface area contributed by atoms with E-state index in [1.807, 2.05) is 51.1 Å². The van der Waals surface area contributed by atoms with Crippen molar-refractivity contribution < 1.29 is 4.79 Å². The van der Waals surface area contributed by atoms with Gasteiger partial charge in [0.2, 0.25) is 5.91 Å². The quantitative estimate of drug-likeness (QED) is 0.894. The lowest BCUT2D eigenvalue weighted by Crippen LogP contribution is -2.34. The summed E-state index contributed by atoms with van der Waals surface area (Å²) in [6, 6.07) is 14.2. The van der Waals surface area contributed by atoms with Gasteiger partial charge in [0.25, 0.3) is 0 Å². The van der Waals surface area contributed by atoms with Crippen molar-refractivity contribution in [2.75, 3.05) is 6.54 Å². The number of aryl methyl sites for hydroxylation is 2. The zero-order chi connectivity index (χ0) is 15.4. The van der Waals surface area contributed by atoms with Crippen LogP contribution in [-0.4, -0.2) is 17.0 Å². The first-order valence-electron chi connectivity index (χ1n) is 7.47. The zero-order valence-electron chi connectivity index (χ0n) is 13.3. The summed E-state index contributed by atoms with van der Waals surface area (Å²) in [4.78, 5) is 12.3. The van der Waals surface area contributed by atoms with Crippen molar-refractivity contribution in [3.8, 4) is 0 Å². The van der Waals surface area contributed by atoms with Crippen LogP contribution in [0, 0.1) is 13.8 Å². The Balaban J connectivity index is 1.96. The Labute approximate surface area is 127 Å². The molecular formula is C18H24N2O. The smallest absolute Gasteiger partial charge is 0.242 e. The lowest BCUT2D eigenvalue weighted by atomic mass is 10.0. The molecule has 0 aliphatic heterocycles. The van der Waals surface area contributed by atoms with Crippen LogP contribution in [-0.2, 0) is 4.79 Å². The van der Waals surface area contributed by atoms with Crippen LogP contribution >= 0.6 is 0 Å². The highest BCUT2D eigenvalue weighted by Crippen LogP contribution is 2.17.